The van der Waals surface area contributed by atoms with Gasteiger partial charge in [0.25, 0.3) is 11.8 Å². The average Bonchev–Trinajstić information content (AvgIpc) is 3.39. The van der Waals surface area contributed by atoms with Crippen molar-refractivity contribution in [2.24, 2.45) is 11.8 Å². The lowest BCUT2D eigenvalue weighted by Crippen LogP contribution is -2.50. The Bertz CT molecular complexity index is 1340. The van der Waals surface area contributed by atoms with E-state index in [1.54, 1.807) is 12.3 Å². The van der Waals surface area contributed by atoms with Gasteiger partial charge in [-0.05, 0) is 55.5 Å². The number of carbonyl (C=O) groups is 3. The van der Waals surface area contributed by atoms with Gasteiger partial charge in [0.1, 0.15) is 23.7 Å². The third kappa shape index (κ3) is 4.44. The van der Waals surface area contributed by atoms with E-state index >= 15 is 0 Å². The van der Waals surface area contributed by atoms with Crippen LogP contribution in [0.2, 0.25) is 0 Å². The molecule has 10 heteroatoms. The molecule has 3 fully saturated rings. The van der Waals surface area contributed by atoms with Crippen molar-refractivity contribution in [3.05, 3.63) is 59.0 Å². The molecule has 186 valence electrons. The topological polar surface area (TPSA) is 118 Å². The number of carbonyl (C=O) groups excluding carboxylic acids is 3. The Kier molecular flexibility index (Phi) is 5.88. The SMILES string of the molecule is O=C1COc2ccc(CNC(=O)c3cc(C(=O)NC[C@@H]4CN5CCC4CC5)n4nccc4n3)cc2C1. The van der Waals surface area contributed by atoms with E-state index in [1.165, 1.54) is 23.4 Å². The van der Waals surface area contributed by atoms with Crippen molar-refractivity contribution in [2.75, 3.05) is 32.8 Å². The summed E-state index contributed by atoms with van der Waals surface area (Å²) < 4.78 is 6.89. The van der Waals surface area contributed by atoms with E-state index in [4.69, 9.17) is 4.74 Å². The fraction of sp³-hybridized carbons (Fsp3) is 0.423. The molecule has 3 saturated heterocycles. The lowest BCUT2D eigenvalue weighted by molar-refractivity contribution is -0.121. The number of nitrogens with one attached hydrogen (secondary N) is 2. The van der Waals surface area contributed by atoms with Crippen LogP contribution < -0.4 is 15.4 Å². The Labute approximate surface area is 208 Å². The van der Waals surface area contributed by atoms with Crippen molar-refractivity contribution in [1.29, 1.82) is 0 Å². The van der Waals surface area contributed by atoms with Gasteiger partial charge in [0.05, 0.1) is 6.20 Å². The Morgan fingerprint density at radius 1 is 1.08 bits per heavy atom. The summed E-state index contributed by atoms with van der Waals surface area (Å²) >= 11 is 0. The van der Waals surface area contributed by atoms with Crippen molar-refractivity contribution < 1.29 is 19.1 Å². The standard InChI is InChI=1S/C26H28N6O4/c33-20-10-18-9-16(1-2-23(18)36-15-20)12-27-25(34)21-11-22(32-24(30-21)3-6-29-32)26(35)28-13-19-14-31-7-4-17(19)5-8-31/h1-3,6,9,11,17,19H,4-5,7-8,10,12-15H2,(H,27,34)(H,28,35)/t19-/m1/s1. The first-order valence-electron chi connectivity index (χ1n) is 12.4. The van der Waals surface area contributed by atoms with E-state index in [-0.39, 0.29) is 36.2 Å². The van der Waals surface area contributed by atoms with Crippen LogP contribution in [0.25, 0.3) is 5.65 Å². The number of ketones is 1. The highest BCUT2D eigenvalue weighted by Gasteiger charge is 2.34. The smallest absolute Gasteiger partial charge is 0.270 e. The second kappa shape index (κ2) is 9.34. The van der Waals surface area contributed by atoms with Crippen LogP contribution in [0.15, 0.2) is 36.5 Å². The average molecular weight is 489 g/mol. The van der Waals surface area contributed by atoms with Gasteiger partial charge in [-0.25, -0.2) is 9.50 Å². The number of piperidine rings is 3. The van der Waals surface area contributed by atoms with Crippen LogP contribution >= 0.6 is 0 Å². The van der Waals surface area contributed by atoms with Crippen molar-refractivity contribution >= 4 is 23.2 Å². The predicted octanol–water partition coefficient (Wildman–Crippen LogP) is 1.23. The van der Waals surface area contributed by atoms with Crippen LogP contribution in [-0.4, -0.2) is 69.9 Å². The number of benzene rings is 1. The highest BCUT2D eigenvalue weighted by atomic mass is 16.5. The van der Waals surface area contributed by atoms with Gasteiger partial charge in [0.15, 0.2) is 11.4 Å². The van der Waals surface area contributed by atoms with Gasteiger partial charge in [-0.1, -0.05) is 6.07 Å². The Hall–Kier alpha value is -3.79. The summed E-state index contributed by atoms with van der Waals surface area (Å²) in [4.78, 5) is 44.6. The number of aromatic nitrogens is 3. The molecule has 6 heterocycles. The van der Waals surface area contributed by atoms with Crippen LogP contribution in [0.3, 0.4) is 0 Å². The third-order valence-corrected chi connectivity index (χ3v) is 7.50. The van der Waals surface area contributed by atoms with Crippen molar-refractivity contribution in [3.63, 3.8) is 0 Å². The molecule has 2 bridgehead atoms. The van der Waals surface area contributed by atoms with Crippen molar-refractivity contribution in [2.45, 2.75) is 25.8 Å². The molecular formula is C26H28N6O4. The number of amides is 2. The number of fused-ring (bicyclic) bond motifs is 5. The molecule has 1 atom stereocenters. The Morgan fingerprint density at radius 2 is 1.94 bits per heavy atom. The highest BCUT2D eigenvalue weighted by molar-refractivity contribution is 5.98. The number of hydrogen-bond acceptors (Lipinski definition) is 7. The molecule has 3 aromatic rings. The maximum absolute atomic E-state index is 13.1. The van der Waals surface area contributed by atoms with Gasteiger partial charge in [-0.2, -0.15) is 5.10 Å². The molecule has 2 aromatic heterocycles. The maximum atomic E-state index is 13.1. The fourth-order valence-corrected chi connectivity index (χ4v) is 5.54. The minimum absolute atomic E-state index is 0.0290. The molecule has 4 aliphatic rings. The molecule has 2 N–H and O–H groups in total. The second-order valence-electron chi connectivity index (χ2n) is 9.86. The number of Topliss-reactive ketones (excluding diaryl/α,β-unsaturated/α-hetero) is 1. The predicted molar refractivity (Wildman–Crippen MR) is 130 cm³/mol. The van der Waals surface area contributed by atoms with Crippen molar-refractivity contribution in [3.8, 4) is 5.75 Å². The molecule has 1 aromatic carbocycles. The Balaban J connectivity index is 1.15. The van der Waals surface area contributed by atoms with Crippen LogP contribution in [0.4, 0.5) is 0 Å². The quantitative estimate of drug-likeness (QED) is 0.536. The zero-order valence-electron chi connectivity index (χ0n) is 19.9. The first-order chi connectivity index (χ1) is 17.5. The molecular weight excluding hydrogens is 460 g/mol. The molecule has 0 radical (unpaired) electrons. The van der Waals surface area contributed by atoms with E-state index in [2.05, 4.69) is 25.6 Å². The molecule has 0 unspecified atom stereocenters. The van der Waals surface area contributed by atoms with Gasteiger partial charge >= 0.3 is 0 Å². The molecule has 0 spiro atoms. The summed E-state index contributed by atoms with van der Waals surface area (Å²) in [5.41, 5.74) is 2.52. The van der Waals surface area contributed by atoms with Gasteiger partial charge in [0, 0.05) is 43.8 Å². The normalized spacial score (nSPS) is 22.7. The van der Waals surface area contributed by atoms with Crippen LogP contribution in [-0.2, 0) is 17.8 Å². The van der Waals surface area contributed by atoms with Gasteiger partial charge in [0.2, 0.25) is 0 Å². The largest absolute Gasteiger partial charge is 0.486 e. The van der Waals surface area contributed by atoms with E-state index < -0.39 is 5.91 Å². The zero-order valence-corrected chi connectivity index (χ0v) is 19.9. The zero-order chi connectivity index (χ0) is 24.6. The van der Waals surface area contributed by atoms with Gasteiger partial charge < -0.3 is 20.3 Å². The summed E-state index contributed by atoms with van der Waals surface area (Å²) in [6.45, 7) is 4.30. The molecule has 7 rings (SSSR count). The highest BCUT2D eigenvalue weighted by Crippen LogP contribution is 2.31. The second-order valence-corrected chi connectivity index (χ2v) is 9.86. The molecule has 4 aliphatic heterocycles. The minimum Gasteiger partial charge on any atom is -0.486 e. The van der Waals surface area contributed by atoms with Gasteiger partial charge in [-0.3, -0.25) is 14.4 Å². The maximum Gasteiger partial charge on any atom is 0.270 e. The lowest BCUT2D eigenvalue weighted by atomic mass is 9.79. The minimum atomic E-state index is -0.393. The first kappa shape index (κ1) is 22.7. The number of rotatable bonds is 6. The molecule has 0 aliphatic carbocycles. The number of nitrogens with zero attached hydrogens (tertiary/aromatic N) is 4. The van der Waals surface area contributed by atoms with E-state index in [9.17, 15) is 14.4 Å². The number of hydrogen-bond donors (Lipinski definition) is 2. The van der Waals surface area contributed by atoms with E-state index in [0.717, 1.165) is 30.8 Å². The van der Waals surface area contributed by atoms with E-state index in [1.807, 2.05) is 18.2 Å². The summed E-state index contributed by atoms with van der Waals surface area (Å²) in [6.07, 6.45) is 4.27. The summed E-state index contributed by atoms with van der Waals surface area (Å²) in [5, 5.41) is 10.2. The molecule has 10 nitrogen and oxygen atoms in total. The summed E-state index contributed by atoms with van der Waals surface area (Å²) in [5.74, 6) is 1.18. The summed E-state index contributed by atoms with van der Waals surface area (Å²) in [6, 6.07) is 8.70. The lowest BCUT2D eigenvalue weighted by Gasteiger charge is -2.44. The fourth-order valence-electron chi connectivity index (χ4n) is 5.54. The third-order valence-electron chi connectivity index (χ3n) is 7.50. The van der Waals surface area contributed by atoms with Crippen molar-refractivity contribution in [1.82, 2.24) is 30.1 Å². The molecule has 0 saturated carbocycles. The molecule has 2 amide bonds. The van der Waals surface area contributed by atoms with Crippen LogP contribution in [0.1, 0.15) is 44.9 Å². The summed E-state index contributed by atoms with van der Waals surface area (Å²) in [7, 11) is 0. The van der Waals surface area contributed by atoms with Gasteiger partial charge in [-0.15, -0.1) is 0 Å². The first-order valence-corrected chi connectivity index (χ1v) is 12.4. The Morgan fingerprint density at radius 3 is 2.75 bits per heavy atom. The van der Waals surface area contributed by atoms with Crippen LogP contribution in [0, 0.1) is 11.8 Å². The molecule has 36 heavy (non-hydrogen) atoms. The monoisotopic (exact) mass is 488 g/mol. The van der Waals surface area contributed by atoms with E-state index in [0.29, 0.717) is 36.2 Å². The number of ether oxygens (including phenoxy) is 1. The van der Waals surface area contributed by atoms with Crippen LogP contribution in [0.5, 0.6) is 5.75 Å².